The van der Waals surface area contributed by atoms with Gasteiger partial charge < -0.3 is 10.5 Å². The van der Waals surface area contributed by atoms with Crippen LogP contribution >= 0.6 is 0 Å². The molecule has 0 heterocycles. The predicted octanol–water partition coefficient (Wildman–Crippen LogP) is 4.04. The van der Waals surface area contributed by atoms with Gasteiger partial charge in [-0.05, 0) is 49.9 Å². The van der Waals surface area contributed by atoms with Gasteiger partial charge >= 0.3 is 0 Å². The van der Waals surface area contributed by atoms with Gasteiger partial charge in [-0.1, -0.05) is 42.0 Å². The molecule has 0 amide bonds. The molecule has 0 aliphatic heterocycles. The monoisotopic (exact) mass is 287 g/mol. The third-order valence-corrected chi connectivity index (χ3v) is 3.62. The summed E-state index contributed by atoms with van der Waals surface area (Å²) in [6.45, 7) is 3.19. The summed E-state index contributed by atoms with van der Waals surface area (Å²) in [6, 6.07) is 15.0. The summed E-state index contributed by atoms with van der Waals surface area (Å²) in [5, 5.41) is 0. The van der Waals surface area contributed by atoms with Crippen molar-refractivity contribution in [2.24, 2.45) is 5.73 Å². The number of nitrogens with two attached hydrogens (primary N) is 1. The van der Waals surface area contributed by atoms with Crippen molar-refractivity contribution < 1.29 is 9.13 Å². The van der Waals surface area contributed by atoms with Gasteiger partial charge in [0, 0.05) is 0 Å². The number of hydrogen-bond donors (Lipinski definition) is 1. The lowest BCUT2D eigenvalue weighted by Gasteiger charge is -2.15. The fourth-order valence-corrected chi connectivity index (χ4v) is 2.33. The van der Waals surface area contributed by atoms with Crippen LogP contribution in [0, 0.1) is 12.7 Å². The van der Waals surface area contributed by atoms with E-state index < -0.39 is 0 Å². The van der Waals surface area contributed by atoms with Crippen molar-refractivity contribution in [3.05, 3.63) is 65.5 Å². The maximum atomic E-state index is 13.4. The van der Waals surface area contributed by atoms with Crippen molar-refractivity contribution in [2.75, 3.05) is 13.2 Å². The van der Waals surface area contributed by atoms with E-state index in [2.05, 4.69) is 31.2 Å². The van der Waals surface area contributed by atoms with Crippen LogP contribution in [0.5, 0.6) is 5.75 Å². The van der Waals surface area contributed by atoms with E-state index in [1.807, 2.05) is 0 Å². The van der Waals surface area contributed by atoms with Crippen LogP contribution in [0.4, 0.5) is 4.39 Å². The van der Waals surface area contributed by atoms with E-state index in [9.17, 15) is 4.39 Å². The van der Waals surface area contributed by atoms with Gasteiger partial charge in [-0.15, -0.1) is 0 Å². The summed E-state index contributed by atoms with van der Waals surface area (Å²) >= 11 is 0. The molecule has 112 valence electrons. The van der Waals surface area contributed by atoms with E-state index in [0.717, 1.165) is 12.8 Å². The Hall–Kier alpha value is -1.87. The second kappa shape index (κ2) is 7.79. The molecule has 2 N–H and O–H groups in total. The van der Waals surface area contributed by atoms with Gasteiger partial charge in [0.15, 0.2) is 11.6 Å². The van der Waals surface area contributed by atoms with Crippen molar-refractivity contribution in [3.63, 3.8) is 0 Å². The highest BCUT2D eigenvalue weighted by Gasteiger charge is 2.09. The summed E-state index contributed by atoms with van der Waals surface area (Å²) in [5.74, 6) is 0.332. The van der Waals surface area contributed by atoms with Crippen LogP contribution < -0.4 is 10.5 Å². The fourth-order valence-electron chi connectivity index (χ4n) is 2.33. The number of hydrogen-bond acceptors (Lipinski definition) is 2. The molecule has 0 radical (unpaired) electrons. The van der Waals surface area contributed by atoms with Gasteiger partial charge in [-0.3, -0.25) is 0 Å². The van der Waals surface area contributed by atoms with Gasteiger partial charge in [-0.25, -0.2) is 4.39 Å². The Morgan fingerprint density at radius 2 is 1.81 bits per heavy atom. The molecule has 2 aromatic carbocycles. The number of aryl methyl sites for hydroxylation is 1. The molecule has 2 nitrogen and oxygen atoms in total. The lowest BCUT2D eigenvalue weighted by Crippen LogP contribution is -2.13. The third-order valence-electron chi connectivity index (χ3n) is 3.62. The number of halogens is 1. The smallest absolute Gasteiger partial charge is 0.165 e. The molecule has 0 aliphatic rings. The Bertz CT molecular complexity index is 553. The molecule has 0 aliphatic carbocycles. The Kier molecular flexibility index (Phi) is 5.76. The van der Waals surface area contributed by atoms with Crippen molar-refractivity contribution in [3.8, 4) is 5.75 Å². The molecule has 1 atom stereocenters. The van der Waals surface area contributed by atoms with Crippen LogP contribution in [0.15, 0.2) is 48.5 Å². The SMILES string of the molecule is Cc1ccc(C(CN)CCCOc2ccccc2F)cc1. The van der Waals surface area contributed by atoms with E-state index in [1.165, 1.54) is 17.2 Å². The largest absolute Gasteiger partial charge is 0.491 e. The zero-order valence-electron chi connectivity index (χ0n) is 12.4. The molecule has 0 fully saturated rings. The zero-order valence-corrected chi connectivity index (χ0v) is 12.4. The van der Waals surface area contributed by atoms with Gasteiger partial charge in [0.05, 0.1) is 6.61 Å². The number of ether oxygens (including phenoxy) is 1. The summed E-state index contributed by atoms with van der Waals surface area (Å²) in [4.78, 5) is 0. The second-order valence-corrected chi connectivity index (χ2v) is 5.26. The highest BCUT2D eigenvalue weighted by Crippen LogP contribution is 2.21. The third kappa shape index (κ3) is 4.57. The molecular formula is C18H22FNO. The first-order chi connectivity index (χ1) is 10.2. The van der Waals surface area contributed by atoms with Crippen LogP contribution in [0.1, 0.15) is 29.9 Å². The van der Waals surface area contributed by atoms with Crippen LogP contribution in [-0.4, -0.2) is 13.2 Å². The molecule has 3 heteroatoms. The standard InChI is InChI=1S/C18H22FNO/c1-14-8-10-15(11-9-14)16(13-20)5-4-12-21-18-7-3-2-6-17(18)19/h2-3,6-11,16H,4-5,12-13,20H2,1H3. The molecule has 0 aromatic heterocycles. The summed E-state index contributed by atoms with van der Waals surface area (Å²) in [7, 11) is 0. The van der Waals surface area contributed by atoms with E-state index in [4.69, 9.17) is 10.5 Å². The average Bonchev–Trinajstić information content (AvgIpc) is 2.50. The normalized spacial score (nSPS) is 12.1. The molecule has 0 bridgehead atoms. The average molecular weight is 287 g/mol. The first kappa shape index (κ1) is 15.5. The van der Waals surface area contributed by atoms with Gasteiger partial charge in [-0.2, -0.15) is 0 Å². The minimum atomic E-state index is -0.314. The molecule has 0 saturated carbocycles. The predicted molar refractivity (Wildman–Crippen MR) is 84.1 cm³/mol. The number of rotatable bonds is 7. The Morgan fingerprint density at radius 1 is 1.10 bits per heavy atom. The van der Waals surface area contributed by atoms with Crippen LogP contribution in [-0.2, 0) is 0 Å². The topological polar surface area (TPSA) is 35.2 Å². The van der Waals surface area contributed by atoms with E-state index in [1.54, 1.807) is 18.2 Å². The molecular weight excluding hydrogens is 265 g/mol. The first-order valence-corrected chi connectivity index (χ1v) is 7.34. The van der Waals surface area contributed by atoms with Crippen LogP contribution in [0.25, 0.3) is 0 Å². The Balaban J connectivity index is 1.81. The lowest BCUT2D eigenvalue weighted by molar-refractivity contribution is 0.288. The van der Waals surface area contributed by atoms with Crippen molar-refractivity contribution >= 4 is 0 Å². The molecule has 21 heavy (non-hydrogen) atoms. The quantitative estimate of drug-likeness (QED) is 0.780. The molecule has 0 saturated heterocycles. The summed E-state index contributed by atoms with van der Waals surface area (Å²) in [5.41, 5.74) is 8.37. The van der Waals surface area contributed by atoms with Crippen LogP contribution in [0.3, 0.4) is 0 Å². The number of para-hydroxylation sites is 1. The second-order valence-electron chi connectivity index (χ2n) is 5.26. The highest BCUT2D eigenvalue weighted by atomic mass is 19.1. The Morgan fingerprint density at radius 3 is 2.48 bits per heavy atom. The highest BCUT2D eigenvalue weighted by molar-refractivity contribution is 5.25. The zero-order chi connectivity index (χ0) is 15.1. The summed E-state index contributed by atoms with van der Waals surface area (Å²) < 4.78 is 18.9. The van der Waals surface area contributed by atoms with Crippen LogP contribution in [0.2, 0.25) is 0 Å². The molecule has 2 aromatic rings. The van der Waals surface area contributed by atoms with Gasteiger partial charge in [0.1, 0.15) is 0 Å². The van der Waals surface area contributed by atoms with Crippen molar-refractivity contribution in [1.29, 1.82) is 0 Å². The lowest BCUT2D eigenvalue weighted by atomic mass is 9.94. The van der Waals surface area contributed by atoms with Gasteiger partial charge in [0.2, 0.25) is 0 Å². The maximum Gasteiger partial charge on any atom is 0.165 e. The molecule has 2 rings (SSSR count). The van der Waals surface area contributed by atoms with E-state index in [0.29, 0.717) is 24.8 Å². The van der Waals surface area contributed by atoms with Crippen molar-refractivity contribution in [1.82, 2.24) is 0 Å². The van der Waals surface area contributed by atoms with Gasteiger partial charge in [0.25, 0.3) is 0 Å². The number of benzene rings is 2. The first-order valence-electron chi connectivity index (χ1n) is 7.34. The van der Waals surface area contributed by atoms with Crippen molar-refractivity contribution in [2.45, 2.75) is 25.7 Å². The summed E-state index contributed by atoms with van der Waals surface area (Å²) in [6.07, 6.45) is 1.79. The van der Waals surface area contributed by atoms with E-state index >= 15 is 0 Å². The minimum absolute atomic E-state index is 0.314. The molecule has 0 spiro atoms. The van der Waals surface area contributed by atoms with E-state index in [-0.39, 0.29) is 5.82 Å². The Labute approximate surface area is 125 Å². The minimum Gasteiger partial charge on any atom is -0.491 e. The maximum absolute atomic E-state index is 13.4. The molecule has 1 unspecified atom stereocenters. The fraction of sp³-hybridized carbons (Fsp3) is 0.333.